The third-order valence-corrected chi connectivity index (χ3v) is 7.71. The number of nitrogens with one attached hydrogen (secondary N) is 1. The third kappa shape index (κ3) is 6.13. The molecule has 0 aliphatic carbocycles. The largest absolute Gasteiger partial charge is 0.457 e. The summed E-state index contributed by atoms with van der Waals surface area (Å²) in [6.45, 7) is 5.75. The van der Waals surface area contributed by atoms with Crippen LogP contribution in [0.2, 0.25) is 0 Å². The van der Waals surface area contributed by atoms with Crippen LogP contribution < -0.4 is 10.1 Å². The van der Waals surface area contributed by atoms with E-state index in [9.17, 15) is 0 Å². The number of methoxy groups -OCH3 is 1. The summed E-state index contributed by atoms with van der Waals surface area (Å²) < 4.78 is 16.7. The van der Waals surface area contributed by atoms with Gasteiger partial charge in [-0.25, -0.2) is 9.29 Å². The Morgan fingerprint density at radius 3 is 3.03 bits per heavy atom. The number of anilines is 1. The van der Waals surface area contributed by atoms with Gasteiger partial charge in [-0.1, -0.05) is 30.2 Å². The monoisotopic (exact) mass is 510 g/mol. The first-order chi connectivity index (χ1) is 17.2. The van der Waals surface area contributed by atoms with E-state index in [1.165, 1.54) is 19.4 Å². The zero-order valence-corrected chi connectivity index (χ0v) is 21.6. The molecule has 0 bridgehead atoms. The molecule has 0 saturated carbocycles. The Labute approximate surface area is 213 Å². The number of thiazole rings is 1. The van der Waals surface area contributed by atoms with Crippen LogP contribution in [-0.4, -0.2) is 62.7 Å². The Hall–Kier alpha value is -2.66. The van der Waals surface area contributed by atoms with Crippen molar-refractivity contribution in [1.29, 1.82) is 0 Å². The Morgan fingerprint density at radius 2 is 2.14 bits per heavy atom. The topological polar surface area (TPSA) is 77.3 Å². The number of piperidine rings is 1. The first-order valence-corrected chi connectivity index (χ1v) is 13.7. The number of ether oxygens (including phenoxy) is 2. The van der Waals surface area contributed by atoms with Gasteiger partial charge in [0.15, 0.2) is 5.13 Å². The van der Waals surface area contributed by atoms with E-state index >= 15 is 0 Å². The van der Waals surface area contributed by atoms with Crippen LogP contribution in [0.3, 0.4) is 0 Å². The predicted octanol–water partition coefficient (Wildman–Crippen LogP) is 5.54. The molecule has 3 aromatic heterocycles. The second-order valence-electron chi connectivity index (χ2n) is 8.40. The molecule has 4 aromatic rings. The fourth-order valence-electron chi connectivity index (χ4n) is 4.14. The van der Waals surface area contributed by atoms with Crippen molar-refractivity contribution in [2.24, 2.45) is 0 Å². The molecule has 1 fully saturated rings. The first kappa shape index (κ1) is 24.1. The SMILES string of the molecule is CCSN1CCCC(Nc2nc3ccc(Oc4ccnc(-c5cnn(CCOC)c5)c4)cc3s2)C1. The van der Waals surface area contributed by atoms with E-state index in [-0.39, 0.29) is 0 Å². The Balaban J connectivity index is 1.26. The minimum atomic E-state index is 0.438. The molecule has 4 heterocycles. The fourth-order valence-corrected chi connectivity index (χ4v) is 6.02. The van der Waals surface area contributed by atoms with Gasteiger partial charge in [0.05, 0.1) is 35.3 Å². The Morgan fingerprint density at radius 1 is 1.23 bits per heavy atom. The van der Waals surface area contributed by atoms with Crippen LogP contribution in [0.1, 0.15) is 19.8 Å². The van der Waals surface area contributed by atoms with Crippen LogP contribution in [0.25, 0.3) is 21.5 Å². The quantitative estimate of drug-likeness (QED) is 0.279. The molecule has 0 radical (unpaired) electrons. The third-order valence-electron chi connectivity index (χ3n) is 5.80. The summed E-state index contributed by atoms with van der Waals surface area (Å²) in [7, 11) is 1.69. The molecule has 184 valence electrons. The van der Waals surface area contributed by atoms with Crippen LogP contribution in [0.4, 0.5) is 5.13 Å². The number of hydrogen-bond donors (Lipinski definition) is 1. The summed E-state index contributed by atoms with van der Waals surface area (Å²) in [6, 6.07) is 10.3. The molecule has 1 N–H and O–H groups in total. The standard InChI is InChI=1S/C25H30N6O2S2/c1-3-34-31-10-4-5-19(17-31)28-25-29-22-7-6-20(14-24(22)35-25)33-21-8-9-26-23(13-21)18-15-27-30(16-18)11-12-32-2/h6-9,13-16,19H,3-5,10-12,17H2,1-2H3,(H,28,29). The van der Waals surface area contributed by atoms with Gasteiger partial charge in [-0.2, -0.15) is 5.10 Å². The molecule has 35 heavy (non-hydrogen) atoms. The van der Waals surface area contributed by atoms with E-state index in [1.807, 2.05) is 53.3 Å². The number of nitrogens with zero attached hydrogens (tertiary/aromatic N) is 5. The van der Waals surface area contributed by atoms with E-state index < -0.39 is 0 Å². The van der Waals surface area contributed by atoms with Crippen molar-refractivity contribution in [3.8, 4) is 22.8 Å². The average molecular weight is 511 g/mol. The number of pyridine rings is 1. The lowest BCUT2D eigenvalue weighted by Crippen LogP contribution is -2.38. The summed E-state index contributed by atoms with van der Waals surface area (Å²) in [5, 5.41) is 9.01. The lowest BCUT2D eigenvalue weighted by Gasteiger charge is -2.31. The molecule has 10 heteroatoms. The van der Waals surface area contributed by atoms with Crippen LogP contribution >= 0.6 is 23.3 Å². The molecule has 1 unspecified atom stereocenters. The van der Waals surface area contributed by atoms with E-state index in [2.05, 4.69) is 32.7 Å². The minimum absolute atomic E-state index is 0.438. The first-order valence-electron chi connectivity index (χ1n) is 11.9. The number of rotatable bonds is 10. The van der Waals surface area contributed by atoms with Crippen LogP contribution in [0.15, 0.2) is 48.9 Å². The summed E-state index contributed by atoms with van der Waals surface area (Å²) in [5.74, 6) is 2.63. The summed E-state index contributed by atoms with van der Waals surface area (Å²) in [4.78, 5) is 9.29. The molecule has 1 aliphatic rings. The Bertz CT molecular complexity index is 1260. The highest BCUT2D eigenvalue weighted by molar-refractivity contribution is 7.96. The highest BCUT2D eigenvalue weighted by Gasteiger charge is 2.21. The van der Waals surface area contributed by atoms with E-state index in [0.29, 0.717) is 19.2 Å². The average Bonchev–Trinajstić information content (AvgIpc) is 3.50. The van der Waals surface area contributed by atoms with E-state index in [0.717, 1.165) is 50.4 Å². The van der Waals surface area contributed by atoms with Crippen molar-refractivity contribution < 1.29 is 9.47 Å². The van der Waals surface area contributed by atoms with Gasteiger partial charge in [0, 0.05) is 62.1 Å². The van der Waals surface area contributed by atoms with E-state index in [4.69, 9.17) is 14.5 Å². The van der Waals surface area contributed by atoms with Gasteiger partial charge in [-0.05, 0) is 31.0 Å². The van der Waals surface area contributed by atoms with Gasteiger partial charge >= 0.3 is 0 Å². The maximum Gasteiger partial charge on any atom is 0.184 e. The smallest absolute Gasteiger partial charge is 0.184 e. The normalized spacial score (nSPS) is 16.6. The molecule has 1 atom stereocenters. The highest BCUT2D eigenvalue weighted by Crippen LogP contribution is 2.33. The van der Waals surface area contributed by atoms with Crippen molar-refractivity contribution in [3.05, 3.63) is 48.9 Å². The van der Waals surface area contributed by atoms with Crippen molar-refractivity contribution >= 4 is 38.6 Å². The van der Waals surface area contributed by atoms with Gasteiger partial charge < -0.3 is 14.8 Å². The lowest BCUT2D eigenvalue weighted by atomic mass is 10.1. The molecule has 5 rings (SSSR count). The van der Waals surface area contributed by atoms with Gasteiger partial charge in [0.1, 0.15) is 11.5 Å². The van der Waals surface area contributed by atoms with Crippen molar-refractivity contribution in [3.63, 3.8) is 0 Å². The molecule has 1 aromatic carbocycles. The van der Waals surface area contributed by atoms with Gasteiger partial charge in [0.2, 0.25) is 0 Å². The minimum Gasteiger partial charge on any atom is -0.457 e. The van der Waals surface area contributed by atoms with Crippen LogP contribution in [-0.2, 0) is 11.3 Å². The van der Waals surface area contributed by atoms with Gasteiger partial charge in [0.25, 0.3) is 0 Å². The van der Waals surface area contributed by atoms with Crippen LogP contribution in [0, 0.1) is 0 Å². The fraction of sp³-hybridized carbons (Fsp3) is 0.400. The second kappa shape index (κ2) is 11.4. The summed E-state index contributed by atoms with van der Waals surface area (Å²) in [5.41, 5.74) is 2.75. The molecule has 1 saturated heterocycles. The molecule has 0 spiro atoms. The molecular formula is C25H30N6O2S2. The van der Waals surface area contributed by atoms with Crippen molar-refractivity contribution in [2.45, 2.75) is 32.4 Å². The molecule has 1 aliphatic heterocycles. The maximum absolute atomic E-state index is 6.18. The predicted molar refractivity (Wildman–Crippen MR) is 143 cm³/mol. The van der Waals surface area contributed by atoms with Gasteiger partial charge in [-0.3, -0.25) is 9.67 Å². The molecule has 0 amide bonds. The maximum atomic E-state index is 6.18. The van der Waals surface area contributed by atoms with Crippen molar-refractivity contribution in [1.82, 2.24) is 24.1 Å². The second-order valence-corrected chi connectivity index (χ2v) is 10.8. The zero-order chi connectivity index (χ0) is 24.0. The molecule has 8 nitrogen and oxygen atoms in total. The summed E-state index contributed by atoms with van der Waals surface area (Å²) in [6.07, 6.45) is 7.94. The number of aromatic nitrogens is 4. The lowest BCUT2D eigenvalue weighted by molar-refractivity contribution is 0.183. The number of benzene rings is 1. The summed E-state index contributed by atoms with van der Waals surface area (Å²) >= 11 is 3.60. The zero-order valence-electron chi connectivity index (χ0n) is 20.0. The van der Waals surface area contributed by atoms with Gasteiger partial charge in [-0.15, -0.1) is 0 Å². The van der Waals surface area contributed by atoms with Crippen LogP contribution in [0.5, 0.6) is 11.5 Å². The molecular weight excluding hydrogens is 480 g/mol. The van der Waals surface area contributed by atoms with E-state index in [1.54, 1.807) is 24.6 Å². The highest BCUT2D eigenvalue weighted by atomic mass is 32.2. The number of hydrogen-bond acceptors (Lipinski definition) is 9. The van der Waals surface area contributed by atoms with Crippen molar-refractivity contribution in [2.75, 3.05) is 37.9 Å². The number of fused-ring (bicyclic) bond motifs is 1. The Kier molecular flexibility index (Phi) is 7.82.